The molecule has 0 aliphatic carbocycles. The summed E-state index contributed by atoms with van der Waals surface area (Å²) in [6.07, 6.45) is 2.69. The first-order chi connectivity index (χ1) is 12.4. The summed E-state index contributed by atoms with van der Waals surface area (Å²) < 4.78 is 22.9. The second kappa shape index (κ2) is 8.01. The van der Waals surface area contributed by atoms with Crippen molar-refractivity contribution in [2.45, 2.75) is 18.9 Å². The Morgan fingerprint density at radius 1 is 1.23 bits per heavy atom. The fraction of sp³-hybridized carbons (Fsp3) is 0.353. The second-order valence-corrected chi connectivity index (χ2v) is 8.81. The third kappa shape index (κ3) is 5.15. The van der Waals surface area contributed by atoms with Crippen LogP contribution < -0.4 is 10.6 Å². The molecule has 26 heavy (non-hydrogen) atoms. The van der Waals surface area contributed by atoms with E-state index in [9.17, 15) is 13.2 Å². The molecule has 0 bridgehead atoms. The highest BCUT2D eigenvalue weighted by atomic mass is 35.5. The Labute approximate surface area is 157 Å². The summed E-state index contributed by atoms with van der Waals surface area (Å²) >= 11 is 5.86. The van der Waals surface area contributed by atoms with E-state index in [1.807, 2.05) is 24.3 Å². The molecule has 2 aromatic rings. The van der Waals surface area contributed by atoms with Crippen LogP contribution in [0.1, 0.15) is 22.5 Å². The van der Waals surface area contributed by atoms with Gasteiger partial charge in [-0.2, -0.15) is 0 Å². The Bertz CT molecular complexity index is 887. The Balaban J connectivity index is 1.54. The molecule has 1 saturated heterocycles. The zero-order valence-corrected chi connectivity index (χ0v) is 15.6. The maximum atomic E-state index is 12.3. The number of rotatable bonds is 6. The van der Waals surface area contributed by atoms with E-state index in [1.54, 1.807) is 0 Å². The van der Waals surface area contributed by atoms with Gasteiger partial charge in [0.2, 0.25) is 5.95 Å². The predicted molar refractivity (Wildman–Crippen MR) is 100 cm³/mol. The molecule has 9 heteroatoms. The van der Waals surface area contributed by atoms with Gasteiger partial charge < -0.3 is 10.6 Å². The molecule has 3 rings (SSSR count). The van der Waals surface area contributed by atoms with E-state index in [4.69, 9.17) is 11.6 Å². The molecule has 2 N–H and O–H groups in total. The molecule has 1 amide bonds. The van der Waals surface area contributed by atoms with Crippen LogP contribution in [0.2, 0.25) is 5.02 Å². The molecule has 1 aliphatic rings. The number of nitrogens with zero attached hydrogens (tertiary/aromatic N) is 2. The maximum Gasteiger partial charge on any atom is 0.270 e. The lowest BCUT2D eigenvalue weighted by Crippen LogP contribution is -2.36. The number of benzene rings is 1. The summed E-state index contributed by atoms with van der Waals surface area (Å²) in [5.41, 5.74) is 1.33. The van der Waals surface area contributed by atoms with Gasteiger partial charge in [-0.1, -0.05) is 23.7 Å². The Morgan fingerprint density at radius 3 is 2.69 bits per heavy atom. The van der Waals surface area contributed by atoms with Crippen molar-refractivity contribution in [3.05, 3.63) is 52.8 Å². The van der Waals surface area contributed by atoms with Crippen LogP contribution in [0.3, 0.4) is 0 Å². The molecule has 1 aromatic carbocycles. The Hall–Kier alpha value is -2.19. The van der Waals surface area contributed by atoms with Gasteiger partial charge in [-0.15, -0.1) is 0 Å². The summed E-state index contributed by atoms with van der Waals surface area (Å²) in [6.45, 7) is 0.605. The number of carbonyl (C=O) groups excluding carboxylic acids is 1. The number of nitrogens with one attached hydrogen (secondary N) is 2. The van der Waals surface area contributed by atoms with E-state index in [0.29, 0.717) is 23.9 Å². The monoisotopic (exact) mass is 394 g/mol. The minimum atomic E-state index is -3.04. The van der Waals surface area contributed by atoms with E-state index in [0.717, 1.165) is 12.0 Å². The molecule has 1 aromatic heterocycles. The highest BCUT2D eigenvalue weighted by molar-refractivity contribution is 7.91. The molecule has 0 radical (unpaired) electrons. The Morgan fingerprint density at radius 2 is 2.00 bits per heavy atom. The van der Waals surface area contributed by atoms with Crippen molar-refractivity contribution in [3.63, 3.8) is 0 Å². The highest BCUT2D eigenvalue weighted by Gasteiger charge is 2.29. The van der Waals surface area contributed by atoms with Crippen LogP contribution in [0.4, 0.5) is 5.95 Å². The van der Waals surface area contributed by atoms with Crippen LogP contribution in [0.15, 0.2) is 36.5 Å². The van der Waals surface area contributed by atoms with Gasteiger partial charge in [0, 0.05) is 23.8 Å². The topological polar surface area (TPSA) is 101 Å². The van der Waals surface area contributed by atoms with Crippen molar-refractivity contribution < 1.29 is 13.2 Å². The van der Waals surface area contributed by atoms with Crippen LogP contribution in [0.5, 0.6) is 0 Å². The van der Waals surface area contributed by atoms with E-state index in [2.05, 4.69) is 20.6 Å². The average Bonchev–Trinajstić information content (AvgIpc) is 2.95. The van der Waals surface area contributed by atoms with E-state index in [-0.39, 0.29) is 23.2 Å². The first kappa shape index (κ1) is 18.6. The smallest absolute Gasteiger partial charge is 0.270 e. The van der Waals surface area contributed by atoms with Crippen LogP contribution in [-0.2, 0) is 16.3 Å². The van der Waals surface area contributed by atoms with Crippen molar-refractivity contribution >= 4 is 33.3 Å². The summed E-state index contributed by atoms with van der Waals surface area (Å²) in [7, 11) is -3.04. The van der Waals surface area contributed by atoms with Gasteiger partial charge >= 0.3 is 0 Å². The van der Waals surface area contributed by atoms with Crippen molar-refractivity contribution in [2.24, 2.45) is 0 Å². The number of halogens is 1. The summed E-state index contributed by atoms with van der Waals surface area (Å²) in [4.78, 5) is 20.5. The van der Waals surface area contributed by atoms with Gasteiger partial charge in [-0.25, -0.2) is 18.4 Å². The Kier molecular flexibility index (Phi) is 5.73. The lowest BCUT2D eigenvalue weighted by Gasteiger charge is -2.11. The zero-order valence-electron chi connectivity index (χ0n) is 14.0. The van der Waals surface area contributed by atoms with Crippen molar-refractivity contribution in [1.29, 1.82) is 0 Å². The molecule has 0 spiro atoms. The molecule has 1 atom stereocenters. The molecule has 2 heterocycles. The van der Waals surface area contributed by atoms with Crippen molar-refractivity contribution in [2.75, 3.05) is 23.4 Å². The minimum Gasteiger partial charge on any atom is -0.354 e. The average molecular weight is 395 g/mol. The number of anilines is 1. The standard InChI is InChI=1S/C17H19ClN4O3S/c18-13-3-1-12(2-4-13)5-8-19-17-20-9-6-15(22-17)16(23)21-14-7-10-26(24,25)11-14/h1-4,6,9,14H,5,7-8,10-11H2,(H,21,23)(H,19,20,22). The zero-order chi connectivity index (χ0) is 18.6. The van der Waals surface area contributed by atoms with E-state index in [1.165, 1.54) is 12.3 Å². The van der Waals surface area contributed by atoms with Crippen LogP contribution >= 0.6 is 11.6 Å². The number of hydrogen-bond donors (Lipinski definition) is 2. The van der Waals surface area contributed by atoms with E-state index < -0.39 is 15.7 Å². The molecule has 7 nitrogen and oxygen atoms in total. The summed E-state index contributed by atoms with van der Waals surface area (Å²) in [5, 5.41) is 6.49. The quantitative estimate of drug-likeness (QED) is 0.773. The highest BCUT2D eigenvalue weighted by Crippen LogP contribution is 2.12. The van der Waals surface area contributed by atoms with Crippen molar-refractivity contribution in [1.82, 2.24) is 15.3 Å². The predicted octanol–water partition coefficient (Wildman–Crippen LogP) is 1.70. The molecule has 0 saturated carbocycles. The number of hydrogen-bond acceptors (Lipinski definition) is 6. The fourth-order valence-electron chi connectivity index (χ4n) is 2.71. The molecular weight excluding hydrogens is 376 g/mol. The van der Waals surface area contributed by atoms with Gasteiger partial charge in [0.25, 0.3) is 5.91 Å². The SMILES string of the molecule is O=C(NC1CCS(=O)(=O)C1)c1ccnc(NCCc2ccc(Cl)cc2)n1. The summed E-state index contributed by atoms with van der Waals surface area (Å²) in [5.74, 6) is 0.0517. The van der Waals surface area contributed by atoms with Gasteiger partial charge in [0.05, 0.1) is 11.5 Å². The third-order valence-electron chi connectivity index (χ3n) is 4.07. The number of carbonyl (C=O) groups is 1. The second-order valence-electron chi connectivity index (χ2n) is 6.14. The lowest BCUT2D eigenvalue weighted by atomic mass is 10.1. The molecule has 1 fully saturated rings. The first-order valence-electron chi connectivity index (χ1n) is 8.24. The van der Waals surface area contributed by atoms with Crippen LogP contribution in [0.25, 0.3) is 0 Å². The summed E-state index contributed by atoms with van der Waals surface area (Å²) in [6, 6.07) is 8.71. The lowest BCUT2D eigenvalue weighted by molar-refractivity contribution is 0.0936. The number of amides is 1. The third-order valence-corrected chi connectivity index (χ3v) is 6.09. The normalized spacial score (nSPS) is 18.4. The van der Waals surface area contributed by atoms with E-state index >= 15 is 0 Å². The fourth-order valence-corrected chi connectivity index (χ4v) is 4.51. The minimum absolute atomic E-state index is 0.0178. The van der Waals surface area contributed by atoms with Crippen LogP contribution in [0, 0.1) is 0 Å². The van der Waals surface area contributed by atoms with Gasteiger partial charge in [-0.05, 0) is 36.6 Å². The molecule has 1 aliphatic heterocycles. The molecule has 1 unspecified atom stereocenters. The van der Waals surface area contributed by atoms with Gasteiger partial charge in [0.15, 0.2) is 9.84 Å². The van der Waals surface area contributed by atoms with Crippen molar-refractivity contribution in [3.8, 4) is 0 Å². The first-order valence-corrected chi connectivity index (χ1v) is 10.4. The van der Waals surface area contributed by atoms with Gasteiger partial charge in [-0.3, -0.25) is 4.79 Å². The number of aromatic nitrogens is 2. The number of sulfone groups is 1. The van der Waals surface area contributed by atoms with Crippen LogP contribution in [-0.4, -0.2) is 48.4 Å². The maximum absolute atomic E-state index is 12.3. The van der Waals surface area contributed by atoms with Gasteiger partial charge in [0.1, 0.15) is 5.69 Å². The largest absolute Gasteiger partial charge is 0.354 e. The molecular formula is C17H19ClN4O3S. The molecule has 138 valence electrons.